The van der Waals surface area contributed by atoms with E-state index in [1.54, 1.807) is 17.7 Å². The Morgan fingerprint density at radius 2 is 1.79 bits per heavy atom. The van der Waals surface area contributed by atoms with E-state index in [4.69, 9.17) is 4.74 Å². The monoisotopic (exact) mass is 418 g/mol. The highest BCUT2D eigenvalue weighted by molar-refractivity contribution is 7.90. The molecule has 0 spiro atoms. The number of ketones is 1. The molecular weight excluding hydrogens is 388 g/mol. The van der Waals surface area contributed by atoms with Gasteiger partial charge < -0.3 is 4.74 Å². The van der Waals surface area contributed by atoms with E-state index in [9.17, 15) is 13.2 Å². The van der Waals surface area contributed by atoms with Gasteiger partial charge >= 0.3 is 0 Å². The highest BCUT2D eigenvalue weighted by Crippen LogP contribution is 2.33. The maximum atomic E-state index is 13.4. The Labute approximate surface area is 173 Å². The maximum absolute atomic E-state index is 13.4. The van der Waals surface area contributed by atoms with Crippen LogP contribution in [0.5, 0.6) is 5.88 Å². The lowest BCUT2D eigenvalue weighted by molar-refractivity contribution is 0.103. The summed E-state index contributed by atoms with van der Waals surface area (Å²) in [5.74, 6) is 0.225. The molecule has 0 atom stereocenters. The smallest absolute Gasteiger partial charge is 0.223 e. The van der Waals surface area contributed by atoms with Crippen molar-refractivity contribution >= 4 is 21.2 Å². The number of aromatic nitrogens is 2. The summed E-state index contributed by atoms with van der Waals surface area (Å²) < 4.78 is 32.1. The summed E-state index contributed by atoms with van der Waals surface area (Å²) in [6.45, 7) is 12.5. The van der Waals surface area contributed by atoms with Crippen molar-refractivity contribution in [1.82, 2.24) is 9.78 Å². The second kappa shape index (κ2) is 8.95. The number of hydrogen-bond acceptors (Lipinski definition) is 5. The van der Waals surface area contributed by atoms with E-state index in [-0.39, 0.29) is 10.7 Å². The molecule has 0 aliphatic carbocycles. The second-order valence-electron chi connectivity index (χ2n) is 7.36. The third kappa shape index (κ3) is 4.61. The van der Waals surface area contributed by atoms with Gasteiger partial charge in [-0.1, -0.05) is 12.5 Å². The third-order valence-electron chi connectivity index (χ3n) is 4.95. The molecule has 0 aliphatic rings. The molecule has 2 rings (SSSR count). The predicted molar refractivity (Wildman–Crippen MR) is 115 cm³/mol. The lowest BCUT2D eigenvalue weighted by atomic mass is 9.91. The highest BCUT2D eigenvalue weighted by Gasteiger charge is 2.25. The van der Waals surface area contributed by atoms with Gasteiger partial charge in [0, 0.05) is 18.4 Å². The molecule has 0 fully saturated rings. The van der Waals surface area contributed by atoms with E-state index >= 15 is 0 Å². The molecule has 0 radical (unpaired) electrons. The standard InChI is InChI=1S/C22H30N2O4S/c1-8-12-24-22(28-9-2)18(13-23-24)21(25)17-10-11-19(29(7,26)27)20(16(17)6)15(5)14(3)4/h10-11,13H,8-9,12H2,1-7H3. The quantitative estimate of drug-likeness (QED) is 0.592. The van der Waals surface area contributed by atoms with E-state index in [1.165, 1.54) is 18.5 Å². The molecule has 29 heavy (non-hydrogen) atoms. The van der Waals surface area contributed by atoms with E-state index < -0.39 is 9.84 Å². The van der Waals surface area contributed by atoms with Crippen LogP contribution in [0.2, 0.25) is 0 Å². The molecule has 1 heterocycles. The number of ether oxygens (including phenoxy) is 1. The summed E-state index contributed by atoms with van der Waals surface area (Å²) in [5, 5.41) is 4.31. The Kier molecular flexibility index (Phi) is 7.06. The van der Waals surface area contributed by atoms with Crippen molar-refractivity contribution in [2.24, 2.45) is 0 Å². The number of benzene rings is 1. The molecule has 1 aromatic carbocycles. The average molecular weight is 419 g/mol. The number of rotatable bonds is 8. The number of carbonyl (C=O) groups excluding carboxylic acids is 1. The van der Waals surface area contributed by atoms with Gasteiger partial charge in [-0.05, 0) is 69.9 Å². The summed E-state index contributed by atoms with van der Waals surface area (Å²) in [7, 11) is -3.45. The fourth-order valence-corrected chi connectivity index (χ4v) is 4.29. The van der Waals surface area contributed by atoms with E-state index in [0.29, 0.717) is 41.3 Å². The van der Waals surface area contributed by atoms with Crippen LogP contribution < -0.4 is 4.74 Å². The molecule has 0 N–H and O–H groups in total. The van der Waals surface area contributed by atoms with Crippen molar-refractivity contribution in [3.8, 4) is 5.88 Å². The third-order valence-corrected chi connectivity index (χ3v) is 6.09. The topological polar surface area (TPSA) is 78.3 Å². The Morgan fingerprint density at radius 1 is 1.14 bits per heavy atom. The van der Waals surface area contributed by atoms with Crippen molar-refractivity contribution in [3.05, 3.63) is 46.2 Å². The Bertz CT molecular complexity index is 1060. The maximum Gasteiger partial charge on any atom is 0.223 e. The fourth-order valence-electron chi connectivity index (χ4n) is 3.29. The van der Waals surface area contributed by atoms with Crippen LogP contribution in [0.3, 0.4) is 0 Å². The zero-order valence-electron chi connectivity index (χ0n) is 18.3. The Hall–Kier alpha value is -2.41. The number of aryl methyl sites for hydroxylation is 1. The molecule has 0 aliphatic heterocycles. The van der Waals surface area contributed by atoms with Gasteiger partial charge in [0.1, 0.15) is 5.56 Å². The Morgan fingerprint density at radius 3 is 2.31 bits per heavy atom. The van der Waals surface area contributed by atoms with Gasteiger partial charge in [0.2, 0.25) is 5.88 Å². The summed E-state index contributed by atoms with van der Waals surface area (Å²) in [5.41, 5.74) is 3.92. The molecule has 158 valence electrons. The van der Waals surface area contributed by atoms with E-state index in [0.717, 1.165) is 17.6 Å². The minimum atomic E-state index is -3.45. The molecule has 0 bridgehead atoms. The molecule has 0 saturated carbocycles. The first kappa shape index (κ1) is 22.9. The molecule has 1 aromatic heterocycles. The van der Waals surface area contributed by atoms with Crippen LogP contribution in [0.1, 0.15) is 68.1 Å². The highest BCUT2D eigenvalue weighted by atomic mass is 32.2. The van der Waals surface area contributed by atoms with Gasteiger partial charge in [-0.2, -0.15) is 5.10 Å². The summed E-state index contributed by atoms with van der Waals surface area (Å²) in [6, 6.07) is 3.11. The Balaban J connectivity index is 2.73. The van der Waals surface area contributed by atoms with Gasteiger partial charge in [-0.3, -0.25) is 4.79 Å². The number of nitrogens with zero attached hydrogens (tertiary/aromatic N) is 2. The lowest BCUT2D eigenvalue weighted by Crippen LogP contribution is -2.12. The van der Waals surface area contributed by atoms with E-state index in [2.05, 4.69) is 5.10 Å². The second-order valence-corrected chi connectivity index (χ2v) is 9.34. The van der Waals surface area contributed by atoms with Crippen molar-refractivity contribution in [1.29, 1.82) is 0 Å². The van der Waals surface area contributed by atoms with Crippen LogP contribution in [0, 0.1) is 6.92 Å². The van der Waals surface area contributed by atoms with Gasteiger partial charge in [0.15, 0.2) is 15.6 Å². The number of carbonyl (C=O) groups is 1. The van der Waals surface area contributed by atoms with Gasteiger partial charge in [0.05, 0.1) is 17.7 Å². The normalized spacial score (nSPS) is 11.4. The van der Waals surface area contributed by atoms with Crippen molar-refractivity contribution in [2.45, 2.75) is 59.4 Å². The molecule has 6 nitrogen and oxygen atoms in total. The zero-order chi connectivity index (χ0) is 21.9. The summed E-state index contributed by atoms with van der Waals surface area (Å²) >= 11 is 0. The SMILES string of the molecule is CCCn1ncc(C(=O)c2ccc(S(C)(=O)=O)c(C(C)=C(C)C)c2C)c1OCC. The minimum Gasteiger partial charge on any atom is -0.478 e. The van der Waals surface area contributed by atoms with Crippen molar-refractivity contribution in [2.75, 3.05) is 12.9 Å². The fraction of sp³-hybridized carbons (Fsp3) is 0.455. The summed E-state index contributed by atoms with van der Waals surface area (Å²) in [4.78, 5) is 13.6. The molecule has 7 heteroatoms. The molecular formula is C22H30N2O4S. The molecule has 0 saturated heterocycles. The molecule has 0 amide bonds. The van der Waals surface area contributed by atoms with Crippen LogP contribution in [-0.2, 0) is 16.4 Å². The first-order valence-corrected chi connectivity index (χ1v) is 11.6. The summed E-state index contributed by atoms with van der Waals surface area (Å²) in [6.07, 6.45) is 3.58. The molecule has 0 unspecified atom stereocenters. The largest absolute Gasteiger partial charge is 0.478 e. The van der Waals surface area contributed by atoms with Crippen molar-refractivity contribution < 1.29 is 17.9 Å². The van der Waals surface area contributed by atoms with Crippen LogP contribution in [0.4, 0.5) is 0 Å². The van der Waals surface area contributed by atoms with Crippen LogP contribution in [-0.4, -0.2) is 36.8 Å². The average Bonchev–Trinajstić information content (AvgIpc) is 3.02. The number of hydrogen-bond donors (Lipinski definition) is 0. The zero-order valence-corrected chi connectivity index (χ0v) is 19.1. The lowest BCUT2D eigenvalue weighted by Gasteiger charge is -2.17. The van der Waals surface area contributed by atoms with Crippen LogP contribution >= 0.6 is 0 Å². The first-order valence-electron chi connectivity index (χ1n) is 9.75. The van der Waals surface area contributed by atoms with Gasteiger partial charge in [-0.25, -0.2) is 13.1 Å². The van der Waals surface area contributed by atoms with Crippen molar-refractivity contribution in [3.63, 3.8) is 0 Å². The van der Waals surface area contributed by atoms with Gasteiger partial charge in [0.25, 0.3) is 0 Å². The van der Waals surface area contributed by atoms with Crippen LogP contribution in [0.25, 0.3) is 5.57 Å². The number of sulfone groups is 1. The van der Waals surface area contributed by atoms with Gasteiger partial charge in [-0.15, -0.1) is 0 Å². The van der Waals surface area contributed by atoms with E-state index in [1.807, 2.05) is 34.6 Å². The first-order chi connectivity index (χ1) is 13.5. The molecule has 2 aromatic rings. The predicted octanol–water partition coefficient (Wildman–Crippen LogP) is 4.45. The minimum absolute atomic E-state index is 0.226. The van der Waals surface area contributed by atoms with Crippen LogP contribution in [0.15, 0.2) is 28.8 Å². The number of allylic oxidation sites excluding steroid dienone is 2.